The second-order valence-corrected chi connectivity index (χ2v) is 3.31. The zero-order chi connectivity index (χ0) is 11.3. The summed E-state index contributed by atoms with van der Waals surface area (Å²) in [7, 11) is 1.33. The fourth-order valence-electron chi connectivity index (χ4n) is 1.27. The van der Waals surface area contributed by atoms with E-state index in [1.165, 1.54) is 19.2 Å². The molecule has 0 saturated carbocycles. The minimum absolute atomic E-state index is 0.174. The first-order valence-electron chi connectivity index (χ1n) is 4.59. The van der Waals surface area contributed by atoms with Gasteiger partial charge in [0.1, 0.15) is 5.82 Å². The van der Waals surface area contributed by atoms with Gasteiger partial charge in [0.25, 0.3) is 0 Å². The Labute approximate surface area is 88.4 Å². The molecule has 80 valence electrons. The molecule has 15 heavy (non-hydrogen) atoms. The van der Waals surface area contributed by atoms with E-state index >= 15 is 0 Å². The van der Waals surface area contributed by atoms with Gasteiger partial charge in [-0.15, -0.1) is 0 Å². The van der Waals surface area contributed by atoms with E-state index < -0.39 is 0 Å². The summed E-state index contributed by atoms with van der Waals surface area (Å²) in [4.78, 5) is 10.9. The Kier molecular flexibility index (Phi) is 4.03. The lowest BCUT2D eigenvalue weighted by Gasteiger charge is -2.04. The van der Waals surface area contributed by atoms with Crippen LogP contribution in [0, 0.1) is 5.82 Å². The zero-order valence-corrected chi connectivity index (χ0v) is 8.63. The van der Waals surface area contributed by atoms with Crippen molar-refractivity contribution in [3.8, 4) is 0 Å². The van der Waals surface area contributed by atoms with E-state index in [1.54, 1.807) is 12.1 Å². The van der Waals surface area contributed by atoms with Crippen LogP contribution in [0.5, 0.6) is 0 Å². The largest absolute Gasteiger partial charge is 0.469 e. The Bertz CT molecular complexity index is 372. The lowest BCUT2D eigenvalue weighted by atomic mass is 10.0. The topological polar surface area (TPSA) is 26.3 Å². The van der Waals surface area contributed by atoms with Crippen molar-refractivity contribution in [1.82, 2.24) is 0 Å². The van der Waals surface area contributed by atoms with Gasteiger partial charge in [-0.1, -0.05) is 24.3 Å². The van der Waals surface area contributed by atoms with E-state index in [0.29, 0.717) is 12.0 Å². The SMILES string of the molecule is C=C(CC(=O)OC)Cc1cccc(F)c1. The summed E-state index contributed by atoms with van der Waals surface area (Å²) in [6.07, 6.45) is 0.667. The molecule has 0 N–H and O–H groups in total. The van der Waals surface area contributed by atoms with Gasteiger partial charge in [0.2, 0.25) is 0 Å². The molecule has 0 amide bonds. The molecule has 1 rings (SSSR count). The Hall–Kier alpha value is -1.64. The first kappa shape index (κ1) is 11.4. The van der Waals surface area contributed by atoms with Crippen LogP contribution >= 0.6 is 0 Å². The van der Waals surface area contributed by atoms with Crippen LogP contribution in [0.4, 0.5) is 4.39 Å². The van der Waals surface area contributed by atoms with Crippen molar-refractivity contribution in [1.29, 1.82) is 0 Å². The summed E-state index contributed by atoms with van der Waals surface area (Å²) in [5.74, 6) is -0.602. The van der Waals surface area contributed by atoms with Gasteiger partial charge in [0.15, 0.2) is 0 Å². The average molecular weight is 208 g/mol. The minimum atomic E-state index is -0.323. The first-order valence-corrected chi connectivity index (χ1v) is 4.59. The third-order valence-electron chi connectivity index (χ3n) is 1.97. The van der Waals surface area contributed by atoms with Crippen molar-refractivity contribution in [2.75, 3.05) is 7.11 Å². The van der Waals surface area contributed by atoms with E-state index in [9.17, 15) is 9.18 Å². The van der Waals surface area contributed by atoms with Crippen LogP contribution in [0.1, 0.15) is 12.0 Å². The number of methoxy groups -OCH3 is 1. The highest BCUT2D eigenvalue weighted by molar-refractivity contribution is 5.72. The number of halogens is 1. The van der Waals surface area contributed by atoms with Gasteiger partial charge in [-0.25, -0.2) is 4.39 Å². The van der Waals surface area contributed by atoms with Crippen molar-refractivity contribution in [2.45, 2.75) is 12.8 Å². The number of benzene rings is 1. The normalized spacial score (nSPS) is 9.73. The van der Waals surface area contributed by atoms with Gasteiger partial charge >= 0.3 is 5.97 Å². The van der Waals surface area contributed by atoms with Crippen LogP contribution in [0.25, 0.3) is 0 Å². The predicted molar refractivity (Wildman–Crippen MR) is 55.9 cm³/mol. The van der Waals surface area contributed by atoms with Crippen molar-refractivity contribution >= 4 is 5.97 Å². The summed E-state index contributed by atoms with van der Waals surface area (Å²) < 4.78 is 17.3. The predicted octanol–water partition coefficient (Wildman–Crippen LogP) is 2.49. The Morgan fingerprint density at radius 2 is 2.27 bits per heavy atom. The van der Waals surface area contributed by atoms with Gasteiger partial charge in [-0.2, -0.15) is 0 Å². The van der Waals surface area contributed by atoms with Gasteiger partial charge < -0.3 is 4.74 Å². The van der Waals surface area contributed by atoms with Gasteiger partial charge in [0.05, 0.1) is 13.5 Å². The van der Waals surface area contributed by atoms with Crippen LogP contribution in [0.3, 0.4) is 0 Å². The molecule has 2 nitrogen and oxygen atoms in total. The molecule has 0 aliphatic heterocycles. The molecule has 0 saturated heterocycles. The lowest BCUT2D eigenvalue weighted by molar-refractivity contribution is -0.139. The van der Waals surface area contributed by atoms with Crippen molar-refractivity contribution in [3.63, 3.8) is 0 Å². The van der Waals surface area contributed by atoms with E-state index in [2.05, 4.69) is 11.3 Å². The first-order chi connectivity index (χ1) is 7.11. The zero-order valence-electron chi connectivity index (χ0n) is 8.63. The molecular weight excluding hydrogens is 195 g/mol. The van der Waals surface area contributed by atoms with E-state index in [4.69, 9.17) is 0 Å². The van der Waals surface area contributed by atoms with Gasteiger partial charge in [0, 0.05) is 0 Å². The number of esters is 1. The Morgan fingerprint density at radius 1 is 1.53 bits per heavy atom. The highest BCUT2D eigenvalue weighted by atomic mass is 19.1. The molecule has 0 atom stereocenters. The molecule has 0 aliphatic carbocycles. The number of rotatable bonds is 4. The third-order valence-corrected chi connectivity index (χ3v) is 1.97. The quantitative estimate of drug-likeness (QED) is 0.561. The summed E-state index contributed by atoms with van der Waals surface area (Å²) in [5, 5.41) is 0. The molecule has 0 spiro atoms. The molecular formula is C12H13FO2. The fraction of sp³-hybridized carbons (Fsp3) is 0.250. The number of carbonyl (C=O) groups excluding carboxylic acids is 1. The summed E-state index contributed by atoms with van der Waals surface area (Å²) in [6.45, 7) is 3.74. The summed E-state index contributed by atoms with van der Waals surface area (Å²) in [5.41, 5.74) is 1.52. The van der Waals surface area contributed by atoms with E-state index in [1.807, 2.05) is 0 Å². The van der Waals surface area contributed by atoms with Crippen molar-refractivity contribution in [2.24, 2.45) is 0 Å². The molecule has 1 aromatic carbocycles. The molecule has 0 bridgehead atoms. The maximum atomic E-state index is 12.8. The van der Waals surface area contributed by atoms with E-state index in [-0.39, 0.29) is 18.2 Å². The molecule has 0 fully saturated rings. The molecule has 0 aromatic heterocycles. The molecule has 0 unspecified atom stereocenters. The van der Waals surface area contributed by atoms with Crippen molar-refractivity contribution in [3.05, 3.63) is 47.8 Å². The van der Waals surface area contributed by atoms with Crippen LogP contribution in [-0.4, -0.2) is 13.1 Å². The molecule has 0 heterocycles. The lowest BCUT2D eigenvalue weighted by Crippen LogP contribution is -2.03. The average Bonchev–Trinajstić information content (AvgIpc) is 2.17. The standard InChI is InChI=1S/C12H13FO2/c1-9(7-12(14)15-2)6-10-4-3-5-11(13)8-10/h3-5,8H,1,6-7H2,2H3. The fourth-order valence-corrected chi connectivity index (χ4v) is 1.27. The molecule has 0 aliphatic rings. The highest BCUT2D eigenvalue weighted by Crippen LogP contribution is 2.11. The Morgan fingerprint density at radius 3 is 2.87 bits per heavy atom. The second-order valence-electron chi connectivity index (χ2n) is 3.31. The van der Waals surface area contributed by atoms with Crippen LogP contribution in [-0.2, 0) is 16.0 Å². The summed E-state index contributed by atoms with van der Waals surface area (Å²) >= 11 is 0. The van der Waals surface area contributed by atoms with Crippen LogP contribution < -0.4 is 0 Å². The van der Waals surface area contributed by atoms with Crippen LogP contribution in [0.15, 0.2) is 36.4 Å². The second kappa shape index (κ2) is 5.29. The monoisotopic (exact) mass is 208 g/mol. The van der Waals surface area contributed by atoms with E-state index in [0.717, 1.165) is 5.56 Å². The minimum Gasteiger partial charge on any atom is -0.469 e. The highest BCUT2D eigenvalue weighted by Gasteiger charge is 2.05. The number of ether oxygens (including phenoxy) is 1. The smallest absolute Gasteiger partial charge is 0.309 e. The van der Waals surface area contributed by atoms with Crippen LogP contribution in [0.2, 0.25) is 0 Å². The van der Waals surface area contributed by atoms with Gasteiger partial charge in [-0.3, -0.25) is 4.79 Å². The number of hydrogen-bond donors (Lipinski definition) is 0. The molecule has 3 heteroatoms. The van der Waals surface area contributed by atoms with Gasteiger partial charge in [-0.05, 0) is 24.1 Å². The third kappa shape index (κ3) is 3.94. The summed E-state index contributed by atoms with van der Waals surface area (Å²) in [6, 6.07) is 6.25. The van der Waals surface area contributed by atoms with Crippen molar-refractivity contribution < 1.29 is 13.9 Å². The molecule has 0 radical (unpaired) electrons. The maximum absolute atomic E-state index is 12.8. The maximum Gasteiger partial charge on any atom is 0.309 e. The molecule has 1 aromatic rings. The number of hydrogen-bond acceptors (Lipinski definition) is 2. The number of carbonyl (C=O) groups is 1. The Balaban J connectivity index is 2.55.